The molecule has 0 radical (unpaired) electrons. The zero-order chi connectivity index (χ0) is 14.6. The second-order valence-electron chi connectivity index (χ2n) is 6.42. The highest BCUT2D eigenvalue weighted by atomic mass is 32.2. The van der Waals surface area contributed by atoms with E-state index in [9.17, 15) is 13.2 Å². The highest BCUT2D eigenvalue weighted by molar-refractivity contribution is 7.93. The number of carbonyl (C=O) groups excluding carboxylic acids is 1. The third kappa shape index (κ3) is 1.92. The monoisotopic (exact) mass is 302 g/mol. The number of sulfone groups is 1. The van der Waals surface area contributed by atoms with Gasteiger partial charge in [-0.2, -0.15) is 0 Å². The lowest BCUT2D eigenvalue weighted by Crippen LogP contribution is -2.36. The molecule has 110 valence electrons. The molecule has 2 aliphatic heterocycles. The van der Waals surface area contributed by atoms with Crippen molar-refractivity contribution in [3.63, 3.8) is 0 Å². The third-order valence-corrected chi connectivity index (χ3v) is 8.02. The lowest BCUT2D eigenvalue weighted by Gasteiger charge is -2.27. The fraction of sp³-hybridized carbons (Fsp3) is 0.471. The second kappa shape index (κ2) is 4.54. The van der Waals surface area contributed by atoms with E-state index < -0.39 is 9.84 Å². The summed E-state index contributed by atoms with van der Waals surface area (Å²) in [6.07, 6.45) is 7.48. The topological polar surface area (TPSA) is 51.2 Å². The van der Waals surface area contributed by atoms with Crippen LogP contribution < -0.4 is 0 Å². The third-order valence-electron chi connectivity index (χ3n) is 5.30. The highest BCUT2D eigenvalue weighted by Gasteiger charge is 2.48. The summed E-state index contributed by atoms with van der Waals surface area (Å²) >= 11 is 0. The van der Waals surface area contributed by atoms with Crippen LogP contribution in [0.1, 0.15) is 47.2 Å². The van der Waals surface area contributed by atoms with Crippen molar-refractivity contribution in [3.05, 3.63) is 41.0 Å². The van der Waals surface area contributed by atoms with Gasteiger partial charge in [-0.15, -0.1) is 0 Å². The average Bonchev–Trinajstić information content (AvgIpc) is 2.95. The highest BCUT2D eigenvalue weighted by Crippen LogP contribution is 2.42. The van der Waals surface area contributed by atoms with Gasteiger partial charge in [-0.05, 0) is 43.2 Å². The quantitative estimate of drug-likeness (QED) is 0.789. The summed E-state index contributed by atoms with van der Waals surface area (Å²) in [5, 5.41) is -0.555. The van der Waals surface area contributed by atoms with E-state index in [1.165, 1.54) is 0 Å². The Bertz CT molecular complexity index is 725. The molecule has 21 heavy (non-hydrogen) atoms. The van der Waals surface area contributed by atoms with Gasteiger partial charge in [0, 0.05) is 11.5 Å². The van der Waals surface area contributed by atoms with Crippen LogP contribution in [0.2, 0.25) is 0 Å². The van der Waals surface area contributed by atoms with Crippen molar-refractivity contribution in [3.8, 4) is 0 Å². The molecule has 2 bridgehead atoms. The minimum atomic E-state index is -2.95. The molecular weight excluding hydrogens is 284 g/mol. The van der Waals surface area contributed by atoms with Gasteiger partial charge < -0.3 is 0 Å². The summed E-state index contributed by atoms with van der Waals surface area (Å²) in [5.41, 5.74) is 3.05. The van der Waals surface area contributed by atoms with E-state index >= 15 is 0 Å². The first-order chi connectivity index (χ1) is 10.1. The summed E-state index contributed by atoms with van der Waals surface area (Å²) in [6, 6.07) is 5.86. The SMILES string of the molecule is O=C(c1cccc2c1CC=C2)C1CC2CCC(C1)S2(=O)=O. The molecule has 2 atom stereocenters. The summed E-state index contributed by atoms with van der Waals surface area (Å²) in [6.45, 7) is 0. The molecule has 2 heterocycles. The van der Waals surface area contributed by atoms with Gasteiger partial charge in [-0.3, -0.25) is 4.79 Å². The molecule has 2 unspecified atom stereocenters. The second-order valence-corrected chi connectivity index (χ2v) is 8.93. The molecule has 0 spiro atoms. The fourth-order valence-corrected chi connectivity index (χ4v) is 6.64. The van der Waals surface area contributed by atoms with Crippen LogP contribution in [0.3, 0.4) is 0 Å². The molecule has 4 rings (SSSR count). The molecule has 0 N–H and O–H groups in total. The molecular formula is C17H18O3S. The molecule has 1 aromatic carbocycles. The van der Waals surface area contributed by atoms with Crippen molar-refractivity contribution in [2.75, 3.05) is 0 Å². The Hall–Kier alpha value is -1.42. The number of hydrogen-bond acceptors (Lipinski definition) is 3. The average molecular weight is 302 g/mol. The van der Waals surface area contributed by atoms with Crippen molar-refractivity contribution in [1.29, 1.82) is 0 Å². The predicted octanol–water partition coefficient (Wildman–Crippen LogP) is 2.79. The van der Waals surface area contributed by atoms with E-state index in [1.54, 1.807) is 0 Å². The molecule has 0 saturated carbocycles. The Morgan fingerprint density at radius 2 is 1.81 bits per heavy atom. The lowest BCUT2D eigenvalue weighted by molar-refractivity contribution is 0.0904. The van der Waals surface area contributed by atoms with Gasteiger partial charge in [0.25, 0.3) is 0 Å². The Balaban J connectivity index is 1.65. The van der Waals surface area contributed by atoms with E-state index in [0.717, 1.165) is 36.0 Å². The number of fused-ring (bicyclic) bond motifs is 3. The van der Waals surface area contributed by atoms with E-state index in [-0.39, 0.29) is 22.2 Å². The molecule has 1 aromatic rings. The largest absolute Gasteiger partial charge is 0.294 e. The van der Waals surface area contributed by atoms with Crippen LogP contribution in [-0.4, -0.2) is 24.7 Å². The fourth-order valence-electron chi connectivity index (χ4n) is 4.16. The summed E-state index contributed by atoms with van der Waals surface area (Å²) in [5.74, 6) is 0.0421. The lowest BCUT2D eigenvalue weighted by atomic mass is 9.87. The van der Waals surface area contributed by atoms with Gasteiger partial charge in [0.1, 0.15) is 0 Å². The van der Waals surface area contributed by atoms with Gasteiger partial charge in [0.2, 0.25) is 0 Å². The summed E-state index contributed by atoms with van der Waals surface area (Å²) < 4.78 is 24.3. The molecule has 2 saturated heterocycles. The van der Waals surface area contributed by atoms with Crippen LogP contribution in [0.4, 0.5) is 0 Å². The van der Waals surface area contributed by atoms with Crippen molar-refractivity contribution in [2.24, 2.45) is 5.92 Å². The van der Waals surface area contributed by atoms with Crippen LogP contribution in [0.5, 0.6) is 0 Å². The van der Waals surface area contributed by atoms with Gasteiger partial charge in [0.05, 0.1) is 10.5 Å². The minimum Gasteiger partial charge on any atom is -0.294 e. The molecule has 0 aromatic heterocycles. The zero-order valence-electron chi connectivity index (χ0n) is 11.8. The van der Waals surface area contributed by atoms with Crippen LogP contribution >= 0.6 is 0 Å². The Kier molecular flexibility index (Phi) is 2.86. The maximum atomic E-state index is 12.9. The Morgan fingerprint density at radius 1 is 1.10 bits per heavy atom. The summed E-state index contributed by atoms with van der Waals surface area (Å²) in [4.78, 5) is 12.9. The molecule has 1 aliphatic carbocycles. The minimum absolute atomic E-state index is 0.113. The van der Waals surface area contributed by atoms with E-state index in [4.69, 9.17) is 0 Å². The number of rotatable bonds is 2. The zero-order valence-corrected chi connectivity index (χ0v) is 12.6. The van der Waals surface area contributed by atoms with Crippen LogP contribution in [0.25, 0.3) is 6.08 Å². The van der Waals surface area contributed by atoms with E-state index in [1.807, 2.05) is 18.2 Å². The van der Waals surface area contributed by atoms with E-state index in [2.05, 4.69) is 12.2 Å². The number of hydrogen-bond donors (Lipinski definition) is 0. The van der Waals surface area contributed by atoms with E-state index in [0.29, 0.717) is 12.8 Å². The van der Waals surface area contributed by atoms with Crippen molar-refractivity contribution in [2.45, 2.75) is 42.6 Å². The number of allylic oxidation sites excluding steroid dienone is 1. The smallest absolute Gasteiger partial charge is 0.166 e. The van der Waals surface area contributed by atoms with Gasteiger partial charge >= 0.3 is 0 Å². The maximum Gasteiger partial charge on any atom is 0.166 e. The molecule has 3 nitrogen and oxygen atoms in total. The van der Waals surface area contributed by atoms with Crippen LogP contribution in [-0.2, 0) is 16.3 Å². The molecule has 4 heteroatoms. The normalized spacial score (nSPS) is 32.1. The number of benzene rings is 1. The first-order valence-corrected chi connectivity index (χ1v) is 9.23. The van der Waals surface area contributed by atoms with Crippen LogP contribution in [0, 0.1) is 5.92 Å². The maximum absolute atomic E-state index is 12.9. The predicted molar refractivity (Wildman–Crippen MR) is 82.0 cm³/mol. The Morgan fingerprint density at radius 3 is 2.52 bits per heavy atom. The van der Waals surface area contributed by atoms with Crippen molar-refractivity contribution < 1.29 is 13.2 Å². The van der Waals surface area contributed by atoms with Gasteiger partial charge in [-0.1, -0.05) is 30.4 Å². The van der Waals surface area contributed by atoms with Gasteiger partial charge in [0.15, 0.2) is 15.6 Å². The van der Waals surface area contributed by atoms with Crippen molar-refractivity contribution >= 4 is 21.7 Å². The molecule has 3 aliphatic rings. The molecule has 2 fully saturated rings. The number of ketones is 1. The molecule has 0 amide bonds. The summed E-state index contributed by atoms with van der Waals surface area (Å²) in [7, 11) is -2.95. The van der Waals surface area contributed by atoms with Crippen molar-refractivity contribution in [1.82, 2.24) is 0 Å². The first kappa shape index (κ1) is 13.3. The Labute approximate surface area is 125 Å². The van der Waals surface area contributed by atoms with Crippen LogP contribution in [0.15, 0.2) is 24.3 Å². The standard InChI is InChI=1S/C17H18O3S/c18-17(16-6-2-4-11-3-1-5-15(11)16)12-9-13-7-8-14(10-12)21(13,19)20/h1-4,6,12-14H,5,7-10H2. The van der Waals surface area contributed by atoms with Gasteiger partial charge in [-0.25, -0.2) is 8.42 Å². The number of Topliss-reactive ketones (excluding diaryl/α,β-unsaturated/α-hetero) is 1. The number of carbonyl (C=O) groups is 1. The first-order valence-electron chi connectivity index (χ1n) is 7.62.